The lowest BCUT2D eigenvalue weighted by Gasteiger charge is -2.03. The summed E-state index contributed by atoms with van der Waals surface area (Å²) in [7, 11) is 0. The summed E-state index contributed by atoms with van der Waals surface area (Å²) < 4.78 is 0. The second-order valence-electron chi connectivity index (χ2n) is 3.75. The molecule has 0 aliphatic heterocycles. The summed E-state index contributed by atoms with van der Waals surface area (Å²) in [6, 6.07) is 7.90. The Balaban J connectivity index is 2.55. The van der Waals surface area contributed by atoms with Crippen molar-refractivity contribution in [2.24, 2.45) is 5.73 Å². The molecule has 3 heteroatoms. The number of H-pyrrole nitrogens is 1. The molecule has 1 aromatic carbocycles. The molecule has 3 nitrogen and oxygen atoms in total. The number of rotatable bonds is 3. The van der Waals surface area contributed by atoms with Gasteiger partial charge in [0.05, 0.1) is 12.6 Å². The van der Waals surface area contributed by atoms with Crippen LogP contribution < -0.4 is 5.73 Å². The van der Waals surface area contributed by atoms with E-state index in [-0.39, 0.29) is 12.6 Å². The molecule has 0 radical (unpaired) electrons. The van der Waals surface area contributed by atoms with Gasteiger partial charge in [-0.15, -0.1) is 0 Å². The van der Waals surface area contributed by atoms with E-state index in [2.05, 4.69) is 24.0 Å². The number of aliphatic hydroxyl groups is 1. The highest BCUT2D eigenvalue weighted by Crippen LogP contribution is 2.22. The average Bonchev–Trinajstić information content (AvgIpc) is 2.71. The molecule has 80 valence electrons. The lowest BCUT2D eigenvalue weighted by atomic mass is 10.1. The van der Waals surface area contributed by atoms with E-state index in [0.717, 1.165) is 23.0 Å². The van der Waals surface area contributed by atoms with Gasteiger partial charge in [0.25, 0.3) is 0 Å². The Hall–Kier alpha value is -1.32. The molecule has 0 saturated heterocycles. The van der Waals surface area contributed by atoms with Crippen molar-refractivity contribution in [2.75, 3.05) is 6.61 Å². The molecule has 0 amide bonds. The monoisotopic (exact) mass is 204 g/mol. The molecule has 0 fully saturated rings. The van der Waals surface area contributed by atoms with Crippen molar-refractivity contribution in [3.63, 3.8) is 0 Å². The zero-order chi connectivity index (χ0) is 10.8. The standard InChI is InChI=1S/C12H16N2O/c1-2-8-4-3-5-9-6-11(10(13)7-15)14-12(8)9/h3-6,10,14-15H,2,7,13H2,1H3. The van der Waals surface area contributed by atoms with Gasteiger partial charge in [0.1, 0.15) is 0 Å². The molecular weight excluding hydrogens is 188 g/mol. The molecule has 0 bridgehead atoms. The van der Waals surface area contributed by atoms with E-state index in [4.69, 9.17) is 10.8 Å². The van der Waals surface area contributed by atoms with Crippen molar-refractivity contribution in [1.29, 1.82) is 0 Å². The van der Waals surface area contributed by atoms with Crippen molar-refractivity contribution >= 4 is 10.9 Å². The molecule has 0 spiro atoms. The highest BCUT2D eigenvalue weighted by atomic mass is 16.3. The number of aromatic amines is 1. The van der Waals surface area contributed by atoms with Crippen molar-refractivity contribution in [3.8, 4) is 0 Å². The van der Waals surface area contributed by atoms with Crippen LogP contribution in [-0.2, 0) is 6.42 Å². The molecule has 4 N–H and O–H groups in total. The maximum atomic E-state index is 8.99. The molecule has 1 unspecified atom stereocenters. The Morgan fingerprint density at radius 2 is 2.27 bits per heavy atom. The van der Waals surface area contributed by atoms with E-state index in [1.54, 1.807) is 0 Å². The summed E-state index contributed by atoms with van der Waals surface area (Å²) in [6.07, 6.45) is 0.992. The van der Waals surface area contributed by atoms with Crippen molar-refractivity contribution in [2.45, 2.75) is 19.4 Å². The van der Waals surface area contributed by atoms with Gasteiger partial charge >= 0.3 is 0 Å². The fraction of sp³-hybridized carbons (Fsp3) is 0.333. The maximum Gasteiger partial charge on any atom is 0.0683 e. The maximum absolute atomic E-state index is 8.99. The Bertz CT molecular complexity index is 462. The lowest BCUT2D eigenvalue weighted by Crippen LogP contribution is -2.14. The van der Waals surface area contributed by atoms with Gasteiger partial charge < -0.3 is 15.8 Å². The Labute approximate surface area is 88.9 Å². The van der Waals surface area contributed by atoms with Gasteiger partial charge in [-0.3, -0.25) is 0 Å². The highest BCUT2D eigenvalue weighted by molar-refractivity contribution is 5.83. The van der Waals surface area contributed by atoms with Gasteiger partial charge in [-0.05, 0) is 23.4 Å². The van der Waals surface area contributed by atoms with Gasteiger partial charge in [-0.1, -0.05) is 25.1 Å². The highest BCUT2D eigenvalue weighted by Gasteiger charge is 2.09. The number of nitrogens with two attached hydrogens (primary N) is 1. The van der Waals surface area contributed by atoms with E-state index >= 15 is 0 Å². The fourth-order valence-electron chi connectivity index (χ4n) is 1.83. The van der Waals surface area contributed by atoms with E-state index in [1.165, 1.54) is 5.56 Å². The number of nitrogens with one attached hydrogen (secondary N) is 1. The van der Waals surface area contributed by atoms with Crippen LogP contribution in [0.15, 0.2) is 24.3 Å². The minimum atomic E-state index is -0.317. The Morgan fingerprint density at radius 3 is 2.93 bits per heavy atom. The van der Waals surface area contributed by atoms with Gasteiger partial charge in [0.2, 0.25) is 0 Å². The predicted octanol–water partition coefficient (Wildman–Crippen LogP) is 1.72. The zero-order valence-electron chi connectivity index (χ0n) is 8.83. The summed E-state index contributed by atoms with van der Waals surface area (Å²) in [5.41, 5.74) is 9.08. The number of para-hydroxylation sites is 1. The van der Waals surface area contributed by atoms with Crippen molar-refractivity contribution in [1.82, 2.24) is 4.98 Å². The van der Waals surface area contributed by atoms with Crippen molar-refractivity contribution < 1.29 is 5.11 Å². The second kappa shape index (κ2) is 4.04. The van der Waals surface area contributed by atoms with Crippen LogP contribution in [0, 0.1) is 0 Å². The Kier molecular flexibility index (Phi) is 2.75. The van der Waals surface area contributed by atoms with E-state index in [0.29, 0.717) is 0 Å². The number of benzene rings is 1. The van der Waals surface area contributed by atoms with E-state index in [9.17, 15) is 0 Å². The SMILES string of the molecule is CCc1cccc2cc(C(N)CO)[nH]c12. The van der Waals surface area contributed by atoms with Gasteiger partial charge in [0, 0.05) is 11.2 Å². The first kappa shape index (κ1) is 10.2. The molecule has 15 heavy (non-hydrogen) atoms. The molecule has 0 aliphatic rings. The number of hydrogen-bond donors (Lipinski definition) is 3. The largest absolute Gasteiger partial charge is 0.394 e. The zero-order valence-corrected chi connectivity index (χ0v) is 8.83. The molecular formula is C12H16N2O. The van der Waals surface area contributed by atoms with E-state index < -0.39 is 0 Å². The van der Waals surface area contributed by atoms with E-state index in [1.807, 2.05) is 12.1 Å². The van der Waals surface area contributed by atoms with Crippen LogP contribution in [0.1, 0.15) is 24.2 Å². The molecule has 0 saturated carbocycles. The van der Waals surface area contributed by atoms with Crippen LogP contribution in [0.2, 0.25) is 0 Å². The van der Waals surface area contributed by atoms with Gasteiger partial charge in [-0.2, -0.15) is 0 Å². The Morgan fingerprint density at radius 1 is 1.47 bits per heavy atom. The third-order valence-electron chi connectivity index (χ3n) is 2.74. The average molecular weight is 204 g/mol. The lowest BCUT2D eigenvalue weighted by molar-refractivity contribution is 0.266. The number of aryl methyl sites for hydroxylation is 1. The smallest absolute Gasteiger partial charge is 0.0683 e. The number of fused-ring (bicyclic) bond motifs is 1. The van der Waals surface area contributed by atoms with Gasteiger partial charge in [0.15, 0.2) is 0 Å². The summed E-state index contributed by atoms with van der Waals surface area (Å²) in [4.78, 5) is 3.28. The quantitative estimate of drug-likeness (QED) is 0.713. The summed E-state index contributed by atoms with van der Waals surface area (Å²) in [5.74, 6) is 0. The van der Waals surface area contributed by atoms with Crippen molar-refractivity contribution in [3.05, 3.63) is 35.5 Å². The van der Waals surface area contributed by atoms with Crippen LogP contribution >= 0.6 is 0 Å². The second-order valence-corrected chi connectivity index (χ2v) is 3.75. The minimum absolute atomic E-state index is 0.0335. The molecule has 0 aliphatic carbocycles. The topological polar surface area (TPSA) is 62.0 Å². The van der Waals surface area contributed by atoms with Crippen LogP contribution in [0.5, 0.6) is 0 Å². The van der Waals surface area contributed by atoms with Crippen LogP contribution in [0.4, 0.5) is 0 Å². The third kappa shape index (κ3) is 1.76. The van der Waals surface area contributed by atoms with Gasteiger partial charge in [-0.25, -0.2) is 0 Å². The molecule has 2 rings (SSSR count). The predicted molar refractivity (Wildman–Crippen MR) is 61.7 cm³/mol. The molecule has 2 aromatic rings. The third-order valence-corrected chi connectivity index (χ3v) is 2.74. The number of aliphatic hydroxyl groups excluding tert-OH is 1. The first-order valence-corrected chi connectivity index (χ1v) is 5.23. The normalized spacial score (nSPS) is 13.3. The number of aromatic nitrogens is 1. The first-order valence-electron chi connectivity index (χ1n) is 5.23. The molecule has 1 atom stereocenters. The van der Waals surface area contributed by atoms with Crippen LogP contribution in [0.25, 0.3) is 10.9 Å². The van der Waals surface area contributed by atoms with Crippen LogP contribution in [-0.4, -0.2) is 16.7 Å². The minimum Gasteiger partial charge on any atom is -0.394 e. The fourth-order valence-corrected chi connectivity index (χ4v) is 1.83. The summed E-state index contributed by atoms with van der Waals surface area (Å²) >= 11 is 0. The molecule has 1 aromatic heterocycles. The molecule has 1 heterocycles. The number of hydrogen-bond acceptors (Lipinski definition) is 2. The summed E-state index contributed by atoms with van der Waals surface area (Å²) in [6.45, 7) is 2.09. The van der Waals surface area contributed by atoms with Crippen LogP contribution in [0.3, 0.4) is 0 Å². The first-order chi connectivity index (χ1) is 7.26. The summed E-state index contributed by atoms with van der Waals surface area (Å²) in [5, 5.41) is 10.2.